The summed E-state index contributed by atoms with van der Waals surface area (Å²) in [4.78, 5) is 33.5. The highest BCUT2D eigenvalue weighted by Gasteiger charge is 2.14. The van der Waals surface area contributed by atoms with E-state index in [0.29, 0.717) is 11.3 Å². The molecule has 0 saturated carbocycles. The minimum absolute atomic E-state index is 0.0138. The Bertz CT molecular complexity index is 855. The average molecular weight is 426 g/mol. The largest absolute Gasteiger partial charge is 0.329 e. The van der Waals surface area contributed by atoms with Crippen LogP contribution in [0.4, 0.5) is 11.4 Å². The molecule has 0 atom stereocenters. The van der Waals surface area contributed by atoms with E-state index in [1.54, 1.807) is 24.3 Å². The molecule has 2 amide bonds. The fraction of sp³-hybridized carbons (Fsp3) is 0. The van der Waals surface area contributed by atoms with E-state index in [-0.39, 0.29) is 10.7 Å². The molecular formula is C15H10BrClN4O4. The molecule has 0 spiro atoms. The van der Waals surface area contributed by atoms with E-state index >= 15 is 0 Å². The Hall–Kier alpha value is -2.78. The summed E-state index contributed by atoms with van der Waals surface area (Å²) < 4.78 is 0.830. The zero-order valence-electron chi connectivity index (χ0n) is 12.4. The van der Waals surface area contributed by atoms with E-state index in [0.717, 1.165) is 10.7 Å². The van der Waals surface area contributed by atoms with Gasteiger partial charge in [0.15, 0.2) is 0 Å². The summed E-state index contributed by atoms with van der Waals surface area (Å²) in [7, 11) is 0. The number of nitrogens with one attached hydrogen (secondary N) is 2. The van der Waals surface area contributed by atoms with Crippen LogP contribution in [0.2, 0.25) is 5.02 Å². The monoisotopic (exact) mass is 424 g/mol. The van der Waals surface area contributed by atoms with Crippen molar-refractivity contribution in [3.8, 4) is 0 Å². The molecule has 0 aliphatic rings. The number of benzene rings is 2. The number of nitro groups is 1. The molecule has 8 nitrogen and oxygen atoms in total. The summed E-state index contributed by atoms with van der Waals surface area (Å²) in [5.74, 6) is -1.89. The van der Waals surface area contributed by atoms with Gasteiger partial charge in [0, 0.05) is 21.8 Å². The van der Waals surface area contributed by atoms with Crippen LogP contribution in [0.15, 0.2) is 52.0 Å². The minimum atomic E-state index is -0.984. The lowest BCUT2D eigenvalue weighted by atomic mass is 10.2. The number of nitrogens with zero attached hydrogens (tertiary/aromatic N) is 2. The molecule has 2 aromatic rings. The summed E-state index contributed by atoms with van der Waals surface area (Å²) in [5, 5.41) is 16.8. The first-order valence-corrected chi connectivity index (χ1v) is 7.88. The fourth-order valence-electron chi connectivity index (χ4n) is 1.69. The zero-order chi connectivity index (χ0) is 18.4. The van der Waals surface area contributed by atoms with Gasteiger partial charge < -0.3 is 5.32 Å². The second kappa shape index (κ2) is 8.36. The van der Waals surface area contributed by atoms with Crippen molar-refractivity contribution in [2.24, 2.45) is 5.10 Å². The smallest absolute Gasteiger partial charge is 0.318 e. The van der Waals surface area contributed by atoms with E-state index in [2.05, 4.69) is 26.3 Å². The predicted octanol–water partition coefficient (Wildman–Crippen LogP) is 3.10. The molecule has 2 N–H and O–H groups in total. The van der Waals surface area contributed by atoms with Gasteiger partial charge in [0.1, 0.15) is 5.02 Å². The van der Waals surface area contributed by atoms with Gasteiger partial charge in [0.25, 0.3) is 5.69 Å². The maximum absolute atomic E-state index is 11.7. The Kier molecular flexibility index (Phi) is 6.20. The molecule has 2 aromatic carbocycles. The highest BCUT2D eigenvalue weighted by molar-refractivity contribution is 9.10. The van der Waals surface area contributed by atoms with E-state index in [9.17, 15) is 19.7 Å². The summed E-state index contributed by atoms with van der Waals surface area (Å²) in [5.41, 5.74) is 2.53. The molecule has 0 aliphatic heterocycles. The molecule has 0 heterocycles. The third-order valence-corrected chi connectivity index (χ3v) is 3.70. The Morgan fingerprint density at radius 3 is 2.48 bits per heavy atom. The number of halogens is 2. The molecular weight excluding hydrogens is 416 g/mol. The highest BCUT2D eigenvalue weighted by Crippen LogP contribution is 2.24. The predicted molar refractivity (Wildman–Crippen MR) is 96.6 cm³/mol. The van der Waals surface area contributed by atoms with Gasteiger partial charge in [-0.15, -0.1) is 0 Å². The maximum Gasteiger partial charge on any atom is 0.329 e. The minimum Gasteiger partial charge on any atom is -0.318 e. The molecule has 0 unspecified atom stereocenters. The second-order valence-corrected chi connectivity index (χ2v) is 5.95. The van der Waals surface area contributed by atoms with Crippen LogP contribution in [-0.4, -0.2) is 23.0 Å². The summed E-state index contributed by atoms with van der Waals surface area (Å²) in [6.07, 6.45) is 1.16. The van der Waals surface area contributed by atoms with Crippen LogP contribution in [0.25, 0.3) is 0 Å². The molecule has 0 bridgehead atoms. The maximum atomic E-state index is 11.7. The number of rotatable bonds is 4. The number of carbonyl (C=O) groups is 2. The summed E-state index contributed by atoms with van der Waals surface area (Å²) in [6, 6.07) is 10.7. The van der Waals surface area contributed by atoms with Gasteiger partial charge in [0.2, 0.25) is 0 Å². The van der Waals surface area contributed by atoms with Crippen molar-refractivity contribution in [3.63, 3.8) is 0 Å². The third kappa shape index (κ3) is 5.37. The number of hydrazone groups is 1. The fourth-order valence-corrected chi connectivity index (χ4v) is 2.14. The molecule has 0 fully saturated rings. The van der Waals surface area contributed by atoms with Crippen LogP contribution in [0.3, 0.4) is 0 Å². The van der Waals surface area contributed by atoms with Crippen molar-refractivity contribution < 1.29 is 14.5 Å². The van der Waals surface area contributed by atoms with Crippen LogP contribution in [0.5, 0.6) is 0 Å². The lowest BCUT2D eigenvalue weighted by Crippen LogP contribution is -2.32. The molecule has 2 rings (SSSR count). The number of hydrogen-bond donors (Lipinski definition) is 2. The summed E-state index contributed by atoms with van der Waals surface area (Å²) >= 11 is 8.95. The quantitative estimate of drug-likeness (QED) is 0.339. The number of hydrogen-bond acceptors (Lipinski definition) is 5. The molecule has 0 aliphatic carbocycles. The van der Waals surface area contributed by atoms with Crippen LogP contribution in [-0.2, 0) is 9.59 Å². The first-order valence-electron chi connectivity index (χ1n) is 6.70. The molecule has 25 heavy (non-hydrogen) atoms. The Labute approximate surface area is 155 Å². The van der Waals surface area contributed by atoms with Gasteiger partial charge in [-0.2, -0.15) is 5.10 Å². The molecule has 0 radical (unpaired) electrons. The third-order valence-electron chi connectivity index (χ3n) is 2.85. The number of carbonyl (C=O) groups excluding carboxylic acids is 2. The topological polar surface area (TPSA) is 114 Å². The van der Waals surface area contributed by atoms with E-state index in [1.807, 2.05) is 5.43 Å². The normalized spacial score (nSPS) is 10.5. The van der Waals surface area contributed by atoms with E-state index in [4.69, 9.17) is 11.6 Å². The van der Waals surface area contributed by atoms with Crippen molar-refractivity contribution in [3.05, 3.63) is 67.6 Å². The lowest BCUT2D eigenvalue weighted by Gasteiger charge is -2.03. The average Bonchev–Trinajstić information content (AvgIpc) is 2.58. The van der Waals surface area contributed by atoms with Gasteiger partial charge in [-0.3, -0.25) is 19.7 Å². The van der Waals surface area contributed by atoms with E-state index < -0.39 is 16.7 Å². The Morgan fingerprint density at radius 1 is 1.16 bits per heavy atom. The van der Waals surface area contributed by atoms with Gasteiger partial charge >= 0.3 is 11.8 Å². The van der Waals surface area contributed by atoms with Gasteiger partial charge in [-0.05, 0) is 30.3 Å². The van der Waals surface area contributed by atoms with Crippen LogP contribution < -0.4 is 10.7 Å². The van der Waals surface area contributed by atoms with Gasteiger partial charge in [0.05, 0.1) is 11.1 Å². The van der Waals surface area contributed by atoms with Crippen LogP contribution >= 0.6 is 27.5 Å². The second-order valence-electron chi connectivity index (χ2n) is 4.63. The number of amides is 2. The Morgan fingerprint density at radius 2 is 1.84 bits per heavy atom. The number of nitro benzene ring substituents is 1. The summed E-state index contributed by atoms with van der Waals surface area (Å²) in [6.45, 7) is 0. The zero-order valence-corrected chi connectivity index (χ0v) is 14.7. The standard InChI is InChI=1S/C15H10BrClN4O4/c16-10-2-4-11(5-3-10)19-14(22)15(23)20-18-8-9-1-6-12(17)13(7-9)21(24)25/h1-8H,(H,19,22)(H,20,23). The first-order chi connectivity index (χ1) is 11.9. The van der Waals surface area contributed by atoms with Crippen LogP contribution in [0, 0.1) is 10.1 Å². The number of anilines is 1. The highest BCUT2D eigenvalue weighted by atomic mass is 79.9. The van der Waals surface area contributed by atoms with Gasteiger partial charge in [-0.25, -0.2) is 5.43 Å². The SMILES string of the molecule is O=C(NN=Cc1ccc(Cl)c([N+](=O)[O-])c1)C(=O)Nc1ccc(Br)cc1. The van der Waals surface area contributed by atoms with Crippen molar-refractivity contribution in [2.75, 3.05) is 5.32 Å². The lowest BCUT2D eigenvalue weighted by molar-refractivity contribution is -0.384. The van der Waals surface area contributed by atoms with Crippen molar-refractivity contribution in [2.45, 2.75) is 0 Å². The van der Waals surface area contributed by atoms with Crippen molar-refractivity contribution in [1.82, 2.24) is 5.43 Å². The molecule has 10 heteroatoms. The van der Waals surface area contributed by atoms with Crippen molar-refractivity contribution >= 4 is 56.9 Å². The van der Waals surface area contributed by atoms with Crippen LogP contribution in [0.1, 0.15) is 5.56 Å². The molecule has 128 valence electrons. The van der Waals surface area contributed by atoms with Crippen molar-refractivity contribution in [1.29, 1.82) is 0 Å². The molecule has 0 aromatic heterocycles. The first kappa shape index (κ1) is 18.6. The molecule has 0 saturated heterocycles. The van der Waals surface area contributed by atoms with Gasteiger partial charge in [-0.1, -0.05) is 33.6 Å². The van der Waals surface area contributed by atoms with E-state index in [1.165, 1.54) is 18.2 Å². The Balaban J connectivity index is 1.95.